The van der Waals surface area contributed by atoms with Gasteiger partial charge in [0.05, 0.1) is 5.69 Å². The van der Waals surface area contributed by atoms with Crippen molar-refractivity contribution in [1.29, 1.82) is 0 Å². The van der Waals surface area contributed by atoms with E-state index in [1.54, 1.807) is 16.9 Å². The summed E-state index contributed by atoms with van der Waals surface area (Å²) in [4.78, 5) is 14.3. The minimum Gasteiger partial charge on any atom is -0.451 e. The summed E-state index contributed by atoms with van der Waals surface area (Å²) in [6, 6.07) is 24.9. The van der Waals surface area contributed by atoms with Gasteiger partial charge in [-0.05, 0) is 85.2 Å². The van der Waals surface area contributed by atoms with E-state index in [0.29, 0.717) is 17.0 Å². The first-order valence-electron chi connectivity index (χ1n) is 11.9. The van der Waals surface area contributed by atoms with Crippen LogP contribution in [0, 0.1) is 0 Å². The topological polar surface area (TPSA) is 85.0 Å². The minimum atomic E-state index is -0.435. The van der Waals surface area contributed by atoms with Crippen LogP contribution in [-0.4, -0.2) is 26.0 Å². The Labute approximate surface area is 228 Å². The van der Waals surface area contributed by atoms with Crippen LogP contribution >= 0.6 is 28.1 Å². The number of thiocarbonyl (C=S) groups is 1. The second kappa shape index (κ2) is 11.1. The number of rotatable bonds is 7. The maximum atomic E-state index is 12.6. The van der Waals surface area contributed by atoms with E-state index in [0.717, 1.165) is 27.7 Å². The number of hydrogen-bond acceptors (Lipinski definition) is 5. The van der Waals surface area contributed by atoms with Crippen LogP contribution in [0.15, 0.2) is 87.8 Å². The van der Waals surface area contributed by atoms with Gasteiger partial charge in [-0.1, -0.05) is 53.5 Å². The maximum Gasteiger partial charge on any atom is 0.293 e. The van der Waals surface area contributed by atoms with Crippen molar-refractivity contribution in [1.82, 2.24) is 20.3 Å². The molecular formula is C28H24BrN5O2S. The number of benzene rings is 3. The first kappa shape index (κ1) is 24.9. The summed E-state index contributed by atoms with van der Waals surface area (Å²) in [6.07, 6.45) is 3.42. The molecule has 7 nitrogen and oxygen atoms in total. The zero-order valence-electron chi connectivity index (χ0n) is 20.1. The zero-order valence-corrected chi connectivity index (χ0v) is 22.5. The van der Waals surface area contributed by atoms with E-state index >= 15 is 0 Å². The van der Waals surface area contributed by atoms with Gasteiger partial charge in [-0.25, -0.2) is 0 Å². The Bertz CT molecular complexity index is 1560. The number of furan rings is 1. The van der Waals surface area contributed by atoms with Crippen LogP contribution in [0.2, 0.25) is 0 Å². The molecule has 0 aliphatic heterocycles. The fourth-order valence-corrected chi connectivity index (χ4v) is 4.32. The molecule has 0 bridgehead atoms. The van der Waals surface area contributed by atoms with E-state index in [1.165, 1.54) is 18.4 Å². The average Bonchev–Trinajstić information content (AvgIpc) is 3.56. The molecule has 2 heterocycles. The predicted octanol–water partition coefficient (Wildman–Crippen LogP) is 6.91. The van der Waals surface area contributed by atoms with Crippen molar-refractivity contribution in [3.8, 4) is 17.0 Å². The molecule has 186 valence electrons. The van der Waals surface area contributed by atoms with Crippen molar-refractivity contribution < 1.29 is 9.21 Å². The van der Waals surface area contributed by atoms with Crippen LogP contribution in [0.3, 0.4) is 0 Å². The Hall–Kier alpha value is -3.82. The summed E-state index contributed by atoms with van der Waals surface area (Å²) in [5.41, 5.74) is 5.23. The maximum absolute atomic E-state index is 12.6. The molecule has 0 unspecified atom stereocenters. The lowest BCUT2D eigenvalue weighted by atomic mass is 10.1. The average molecular weight is 575 g/mol. The van der Waals surface area contributed by atoms with Crippen molar-refractivity contribution in [3.05, 3.63) is 94.7 Å². The zero-order chi connectivity index (χ0) is 25.8. The van der Waals surface area contributed by atoms with E-state index in [-0.39, 0.29) is 10.9 Å². The summed E-state index contributed by atoms with van der Waals surface area (Å²) >= 11 is 8.75. The van der Waals surface area contributed by atoms with Crippen LogP contribution in [0.25, 0.3) is 28.0 Å². The monoisotopic (exact) mass is 573 g/mol. The van der Waals surface area contributed by atoms with Crippen molar-refractivity contribution in [2.24, 2.45) is 0 Å². The first-order chi connectivity index (χ1) is 18.0. The number of anilines is 1. The highest BCUT2D eigenvalue weighted by Gasteiger charge is 2.14. The SMILES string of the molecule is CCCCc1ccc(-n2nc3ccc(NC(=S)NC(=O)c4ccc(-c5ccc(Br)cc5)o4)cc3n2)cc1. The van der Waals surface area contributed by atoms with Gasteiger partial charge in [0.25, 0.3) is 5.91 Å². The summed E-state index contributed by atoms with van der Waals surface area (Å²) in [6.45, 7) is 2.19. The van der Waals surface area contributed by atoms with Gasteiger partial charge in [0, 0.05) is 15.7 Å². The van der Waals surface area contributed by atoms with E-state index < -0.39 is 5.91 Å². The van der Waals surface area contributed by atoms with Gasteiger partial charge in [0.15, 0.2) is 10.9 Å². The second-order valence-corrected chi connectivity index (χ2v) is 9.87. The third-order valence-electron chi connectivity index (χ3n) is 5.81. The molecule has 2 aromatic heterocycles. The Morgan fingerprint density at radius 2 is 1.73 bits per heavy atom. The Morgan fingerprint density at radius 1 is 0.973 bits per heavy atom. The largest absolute Gasteiger partial charge is 0.451 e. The van der Waals surface area contributed by atoms with Crippen molar-refractivity contribution >= 4 is 55.9 Å². The molecule has 0 aliphatic carbocycles. The Morgan fingerprint density at radius 3 is 2.49 bits per heavy atom. The number of amides is 1. The molecule has 37 heavy (non-hydrogen) atoms. The summed E-state index contributed by atoms with van der Waals surface area (Å²) in [5, 5.41) is 15.0. The van der Waals surface area contributed by atoms with E-state index in [4.69, 9.17) is 16.6 Å². The number of hydrogen-bond donors (Lipinski definition) is 2. The highest BCUT2D eigenvalue weighted by molar-refractivity contribution is 9.10. The third-order valence-corrected chi connectivity index (χ3v) is 6.54. The molecule has 5 aromatic rings. The highest BCUT2D eigenvalue weighted by Crippen LogP contribution is 2.24. The van der Waals surface area contributed by atoms with Crippen molar-refractivity contribution in [3.63, 3.8) is 0 Å². The fourth-order valence-electron chi connectivity index (χ4n) is 3.84. The normalized spacial score (nSPS) is 11.0. The first-order valence-corrected chi connectivity index (χ1v) is 13.1. The standard InChI is InChI=1S/C28H24BrN5O2S/c1-2-3-4-18-5-12-22(13-6-18)34-32-23-14-11-21(17-24(23)33-34)30-28(37)31-27(35)26-16-15-25(36-26)19-7-9-20(29)10-8-19/h5-17H,2-4H2,1H3,(H2,30,31,35,37). The van der Waals surface area contributed by atoms with Gasteiger partial charge in [-0.3, -0.25) is 10.1 Å². The lowest BCUT2D eigenvalue weighted by molar-refractivity contribution is 0.0951. The molecule has 1 amide bonds. The van der Waals surface area contributed by atoms with Gasteiger partial charge in [-0.2, -0.15) is 4.80 Å². The highest BCUT2D eigenvalue weighted by atomic mass is 79.9. The molecule has 0 radical (unpaired) electrons. The molecule has 0 saturated heterocycles. The smallest absolute Gasteiger partial charge is 0.293 e. The number of aromatic nitrogens is 3. The van der Waals surface area contributed by atoms with E-state index in [9.17, 15) is 4.79 Å². The fraction of sp³-hybridized carbons (Fsp3) is 0.143. The van der Waals surface area contributed by atoms with Gasteiger partial charge >= 0.3 is 0 Å². The van der Waals surface area contributed by atoms with Crippen LogP contribution < -0.4 is 10.6 Å². The number of carbonyl (C=O) groups is 1. The lowest BCUT2D eigenvalue weighted by Crippen LogP contribution is -2.33. The second-order valence-electron chi connectivity index (χ2n) is 8.54. The number of carbonyl (C=O) groups excluding carboxylic acids is 1. The Kier molecular flexibility index (Phi) is 7.43. The third kappa shape index (κ3) is 5.95. The van der Waals surface area contributed by atoms with Gasteiger partial charge in [0.2, 0.25) is 0 Å². The molecule has 2 N–H and O–H groups in total. The predicted molar refractivity (Wildman–Crippen MR) is 153 cm³/mol. The number of fused-ring (bicyclic) bond motifs is 1. The lowest BCUT2D eigenvalue weighted by Gasteiger charge is -2.08. The van der Waals surface area contributed by atoms with Crippen LogP contribution in [0.1, 0.15) is 35.9 Å². The van der Waals surface area contributed by atoms with Crippen molar-refractivity contribution in [2.75, 3.05) is 5.32 Å². The number of nitrogens with one attached hydrogen (secondary N) is 2. The molecule has 0 spiro atoms. The molecule has 3 aromatic carbocycles. The van der Waals surface area contributed by atoms with Crippen LogP contribution in [-0.2, 0) is 6.42 Å². The van der Waals surface area contributed by atoms with Gasteiger partial charge < -0.3 is 9.73 Å². The molecule has 0 saturated carbocycles. The number of unbranched alkanes of at least 4 members (excludes halogenated alkanes) is 1. The minimum absolute atomic E-state index is 0.154. The van der Waals surface area contributed by atoms with E-state index in [1.807, 2.05) is 54.6 Å². The van der Waals surface area contributed by atoms with Gasteiger partial charge in [-0.15, -0.1) is 10.2 Å². The Balaban J connectivity index is 1.23. The van der Waals surface area contributed by atoms with Crippen molar-refractivity contribution in [2.45, 2.75) is 26.2 Å². The summed E-state index contributed by atoms with van der Waals surface area (Å²) < 4.78 is 6.68. The number of nitrogens with zero attached hydrogens (tertiary/aromatic N) is 3. The van der Waals surface area contributed by atoms with Gasteiger partial charge in [0.1, 0.15) is 16.8 Å². The van der Waals surface area contributed by atoms with Crippen LogP contribution in [0.5, 0.6) is 0 Å². The molecule has 9 heteroatoms. The summed E-state index contributed by atoms with van der Waals surface area (Å²) in [5.74, 6) is 0.331. The number of halogens is 1. The number of aryl methyl sites for hydroxylation is 1. The summed E-state index contributed by atoms with van der Waals surface area (Å²) in [7, 11) is 0. The molecule has 5 rings (SSSR count). The van der Waals surface area contributed by atoms with Crippen LogP contribution in [0.4, 0.5) is 5.69 Å². The quantitative estimate of drug-likeness (QED) is 0.206. The molecular weight excluding hydrogens is 550 g/mol. The molecule has 0 aliphatic rings. The van der Waals surface area contributed by atoms with E-state index in [2.05, 4.69) is 55.8 Å². The molecule has 0 fully saturated rings. The molecule has 0 atom stereocenters.